The lowest BCUT2D eigenvalue weighted by Gasteiger charge is -2.32. The van der Waals surface area contributed by atoms with Crippen LogP contribution < -0.4 is 5.43 Å². The number of hydrazine groups is 1. The molecule has 4 heterocycles. The highest BCUT2D eigenvalue weighted by molar-refractivity contribution is 7.15. The SMILES string of the molecule is CN1CCN(NC(=O)c2csc3nc(-c4cccs4)cn23)CC1. The first-order valence-electron chi connectivity index (χ1n) is 7.45. The monoisotopic (exact) mass is 347 g/mol. The molecule has 1 N–H and O–H groups in total. The molecule has 0 atom stereocenters. The van der Waals surface area contributed by atoms with E-state index in [1.165, 1.54) is 11.3 Å². The number of nitrogens with zero attached hydrogens (tertiary/aromatic N) is 4. The zero-order valence-electron chi connectivity index (χ0n) is 12.7. The van der Waals surface area contributed by atoms with Crippen LogP contribution >= 0.6 is 22.7 Å². The molecule has 1 saturated heterocycles. The van der Waals surface area contributed by atoms with E-state index in [9.17, 15) is 4.79 Å². The topological polar surface area (TPSA) is 52.9 Å². The van der Waals surface area contributed by atoms with Crippen molar-refractivity contribution in [3.63, 3.8) is 0 Å². The van der Waals surface area contributed by atoms with Gasteiger partial charge in [-0.25, -0.2) is 9.99 Å². The van der Waals surface area contributed by atoms with E-state index in [2.05, 4.69) is 22.4 Å². The Bertz CT molecular complexity index is 814. The van der Waals surface area contributed by atoms with Crippen LogP contribution in [0.4, 0.5) is 0 Å². The minimum Gasteiger partial charge on any atom is -0.304 e. The zero-order valence-corrected chi connectivity index (χ0v) is 14.4. The number of rotatable bonds is 3. The number of imidazole rings is 1. The molecule has 3 aromatic heterocycles. The van der Waals surface area contributed by atoms with E-state index >= 15 is 0 Å². The molecule has 0 aliphatic carbocycles. The lowest BCUT2D eigenvalue weighted by Crippen LogP contribution is -2.52. The van der Waals surface area contributed by atoms with Crippen molar-refractivity contribution < 1.29 is 4.79 Å². The van der Waals surface area contributed by atoms with Gasteiger partial charge in [-0.05, 0) is 18.5 Å². The summed E-state index contributed by atoms with van der Waals surface area (Å²) in [6.45, 7) is 3.62. The molecular formula is C15H17N5OS2. The van der Waals surface area contributed by atoms with Crippen molar-refractivity contribution in [2.45, 2.75) is 0 Å². The Hall–Kier alpha value is -1.74. The average Bonchev–Trinajstić information content (AvgIpc) is 3.24. The quantitative estimate of drug-likeness (QED) is 0.788. The third-order valence-electron chi connectivity index (χ3n) is 3.98. The normalized spacial score (nSPS) is 16.9. The standard InChI is InChI=1S/C15H17N5OS2/c1-18-4-6-19(7-5-18)17-14(21)12-10-23-15-16-11(9-20(12)15)13-3-2-8-22-13/h2-3,8-10H,4-7H2,1H3,(H,17,21). The molecule has 0 radical (unpaired) electrons. The summed E-state index contributed by atoms with van der Waals surface area (Å²) in [6.07, 6.45) is 1.94. The smallest absolute Gasteiger partial charge is 0.283 e. The predicted octanol–water partition coefficient (Wildman–Crippen LogP) is 2.02. The summed E-state index contributed by atoms with van der Waals surface area (Å²) >= 11 is 3.14. The van der Waals surface area contributed by atoms with Crippen molar-refractivity contribution in [2.24, 2.45) is 0 Å². The Labute approximate surface area is 141 Å². The molecule has 1 aliphatic rings. The fourth-order valence-electron chi connectivity index (χ4n) is 2.61. The molecule has 6 nitrogen and oxygen atoms in total. The van der Waals surface area contributed by atoms with Crippen LogP contribution in [0.25, 0.3) is 15.5 Å². The molecule has 1 amide bonds. The highest BCUT2D eigenvalue weighted by atomic mass is 32.1. The molecule has 120 valence electrons. The first-order chi connectivity index (χ1) is 11.2. The minimum atomic E-state index is -0.0732. The molecule has 1 fully saturated rings. The van der Waals surface area contributed by atoms with Crippen LogP contribution in [0.1, 0.15) is 10.5 Å². The van der Waals surface area contributed by atoms with Crippen LogP contribution in [0.15, 0.2) is 29.1 Å². The lowest BCUT2D eigenvalue weighted by atomic mass is 10.4. The maximum Gasteiger partial charge on any atom is 0.283 e. The lowest BCUT2D eigenvalue weighted by molar-refractivity contribution is 0.0657. The molecule has 1 aliphatic heterocycles. The largest absolute Gasteiger partial charge is 0.304 e. The van der Waals surface area contributed by atoms with Gasteiger partial charge >= 0.3 is 0 Å². The fourth-order valence-corrected chi connectivity index (χ4v) is 4.14. The Morgan fingerprint density at radius 2 is 2.09 bits per heavy atom. The molecule has 0 unspecified atom stereocenters. The summed E-state index contributed by atoms with van der Waals surface area (Å²) in [5.41, 5.74) is 4.56. The van der Waals surface area contributed by atoms with Gasteiger partial charge in [0.15, 0.2) is 4.96 Å². The number of nitrogens with one attached hydrogen (secondary N) is 1. The van der Waals surface area contributed by atoms with Crippen LogP contribution in [0.3, 0.4) is 0 Å². The van der Waals surface area contributed by atoms with Gasteiger partial charge in [0.1, 0.15) is 11.4 Å². The fraction of sp³-hybridized carbons (Fsp3) is 0.333. The molecule has 3 aromatic rings. The van der Waals surface area contributed by atoms with Crippen molar-refractivity contribution in [3.8, 4) is 10.6 Å². The van der Waals surface area contributed by atoms with Crippen molar-refractivity contribution in [2.75, 3.05) is 33.2 Å². The molecule has 8 heteroatoms. The van der Waals surface area contributed by atoms with Gasteiger partial charge in [0.05, 0.1) is 4.88 Å². The van der Waals surface area contributed by atoms with Crippen LogP contribution in [0.5, 0.6) is 0 Å². The number of carbonyl (C=O) groups is 1. The third-order valence-corrected chi connectivity index (χ3v) is 5.71. The van der Waals surface area contributed by atoms with E-state index in [1.807, 2.05) is 38.5 Å². The molecule has 0 saturated carbocycles. The Kier molecular flexibility index (Phi) is 3.90. The van der Waals surface area contributed by atoms with Gasteiger partial charge < -0.3 is 4.90 Å². The van der Waals surface area contributed by atoms with Crippen LogP contribution in [-0.4, -0.2) is 58.4 Å². The number of thiazole rings is 1. The van der Waals surface area contributed by atoms with E-state index in [-0.39, 0.29) is 5.91 Å². The first kappa shape index (κ1) is 14.8. The van der Waals surface area contributed by atoms with Gasteiger partial charge in [0, 0.05) is 37.8 Å². The first-order valence-corrected chi connectivity index (χ1v) is 9.21. The number of fused-ring (bicyclic) bond motifs is 1. The minimum absolute atomic E-state index is 0.0732. The van der Waals surface area contributed by atoms with Crippen LogP contribution in [-0.2, 0) is 0 Å². The summed E-state index contributed by atoms with van der Waals surface area (Å²) in [5.74, 6) is -0.0732. The molecule has 0 bridgehead atoms. The van der Waals surface area contributed by atoms with Crippen LogP contribution in [0.2, 0.25) is 0 Å². The summed E-state index contributed by atoms with van der Waals surface area (Å²) in [7, 11) is 2.10. The average molecular weight is 347 g/mol. The van der Waals surface area contributed by atoms with Crippen molar-refractivity contribution in [1.82, 2.24) is 24.7 Å². The second-order valence-corrected chi connectivity index (χ2v) is 7.39. The second kappa shape index (κ2) is 6.04. The van der Waals surface area contributed by atoms with Gasteiger partial charge in [-0.1, -0.05) is 6.07 Å². The number of carbonyl (C=O) groups excluding carboxylic acids is 1. The molecular weight excluding hydrogens is 330 g/mol. The number of piperazine rings is 1. The highest BCUT2D eigenvalue weighted by Crippen LogP contribution is 2.26. The van der Waals surface area contributed by atoms with Crippen molar-refractivity contribution >= 4 is 33.5 Å². The second-order valence-electron chi connectivity index (χ2n) is 5.61. The number of likely N-dealkylation sites (N-methyl/N-ethyl adjacent to an activating group) is 1. The zero-order chi connectivity index (χ0) is 15.8. The maximum absolute atomic E-state index is 12.6. The number of hydrogen-bond acceptors (Lipinski definition) is 6. The Morgan fingerprint density at radius 3 is 2.83 bits per heavy atom. The van der Waals surface area contributed by atoms with Gasteiger partial charge in [-0.3, -0.25) is 14.6 Å². The van der Waals surface area contributed by atoms with Gasteiger partial charge in [0.2, 0.25) is 0 Å². The van der Waals surface area contributed by atoms with E-state index < -0.39 is 0 Å². The number of thiophene rings is 1. The van der Waals surface area contributed by atoms with E-state index in [4.69, 9.17) is 0 Å². The number of aromatic nitrogens is 2. The van der Waals surface area contributed by atoms with Gasteiger partial charge in [-0.15, -0.1) is 22.7 Å². The Morgan fingerprint density at radius 1 is 1.26 bits per heavy atom. The summed E-state index contributed by atoms with van der Waals surface area (Å²) in [5, 5.41) is 5.89. The molecule has 0 aromatic carbocycles. The van der Waals surface area contributed by atoms with Crippen molar-refractivity contribution in [1.29, 1.82) is 0 Å². The summed E-state index contributed by atoms with van der Waals surface area (Å²) in [4.78, 5) is 21.4. The van der Waals surface area contributed by atoms with Gasteiger partial charge in [-0.2, -0.15) is 0 Å². The number of amides is 1. The molecule has 4 rings (SSSR count). The van der Waals surface area contributed by atoms with Crippen LogP contribution in [0, 0.1) is 0 Å². The van der Waals surface area contributed by atoms with Gasteiger partial charge in [0.25, 0.3) is 5.91 Å². The van der Waals surface area contributed by atoms with Crippen molar-refractivity contribution in [3.05, 3.63) is 34.8 Å². The van der Waals surface area contributed by atoms with E-state index in [0.29, 0.717) is 5.69 Å². The van der Waals surface area contributed by atoms with E-state index in [1.54, 1.807) is 11.3 Å². The maximum atomic E-state index is 12.6. The predicted molar refractivity (Wildman–Crippen MR) is 92.9 cm³/mol. The molecule has 23 heavy (non-hydrogen) atoms. The molecule has 0 spiro atoms. The van der Waals surface area contributed by atoms with E-state index in [0.717, 1.165) is 41.7 Å². The highest BCUT2D eigenvalue weighted by Gasteiger charge is 2.20. The number of hydrogen-bond donors (Lipinski definition) is 1. The summed E-state index contributed by atoms with van der Waals surface area (Å²) in [6, 6.07) is 4.05. The summed E-state index contributed by atoms with van der Waals surface area (Å²) < 4.78 is 1.88. The Balaban J connectivity index is 1.55. The third kappa shape index (κ3) is 2.90.